The summed E-state index contributed by atoms with van der Waals surface area (Å²) in [5.41, 5.74) is -0.0176. The van der Waals surface area contributed by atoms with Gasteiger partial charge in [-0.15, -0.1) is 0 Å². The largest absolute Gasteiger partial charge is 0.490 e. The van der Waals surface area contributed by atoms with Crippen LogP contribution in [0.4, 0.5) is 0 Å². The lowest BCUT2D eigenvalue weighted by atomic mass is 9.96. The summed E-state index contributed by atoms with van der Waals surface area (Å²) in [6.45, 7) is 6.15. The van der Waals surface area contributed by atoms with Crippen LogP contribution in [0.2, 0.25) is 5.02 Å². The molecule has 3 aliphatic rings. The summed E-state index contributed by atoms with van der Waals surface area (Å²) in [5.74, 6) is 0.688. The maximum Gasteiger partial charge on any atom is 0.225 e. The fourth-order valence-corrected chi connectivity index (χ4v) is 4.83. The highest BCUT2D eigenvalue weighted by Gasteiger charge is 2.42. The molecule has 2 atom stereocenters. The normalized spacial score (nSPS) is 25.8. The van der Waals surface area contributed by atoms with E-state index in [-0.39, 0.29) is 30.9 Å². The van der Waals surface area contributed by atoms with Crippen molar-refractivity contribution in [3.05, 3.63) is 28.8 Å². The molecule has 0 bridgehead atoms. The van der Waals surface area contributed by atoms with E-state index in [1.165, 1.54) is 0 Å². The summed E-state index contributed by atoms with van der Waals surface area (Å²) < 4.78 is 23.5. The van der Waals surface area contributed by atoms with Crippen molar-refractivity contribution in [2.75, 3.05) is 59.2 Å². The van der Waals surface area contributed by atoms with Crippen molar-refractivity contribution in [2.45, 2.75) is 50.7 Å². The summed E-state index contributed by atoms with van der Waals surface area (Å²) >= 11 is 6.15. The molecule has 0 aliphatic carbocycles. The average molecular weight is 495 g/mol. The SMILES string of the molecule is Cc1cc(OC[C@]2(CC(=O)N3CCOCC3)CN(C(=O)C[C@H]3CCCCO3)CCO2)ccc1Cl. The molecule has 9 heteroatoms. The predicted octanol–water partition coefficient (Wildman–Crippen LogP) is 2.83. The third kappa shape index (κ3) is 6.62. The number of morpholine rings is 2. The minimum absolute atomic E-state index is 0.0101. The standard InChI is InChI=1S/C25H35ClN2O6/c1-19-14-21(5-6-22(19)26)33-18-25(16-24(30)27-7-11-31-12-8-27)17-28(9-13-34-25)23(29)15-20-4-2-3-10-32-20/h5-6,14,20H,2-4,7-13,15-18H2,1H3/t20-,25+/m1/s1. The lowest BCUT2D eigenvalue weighted by Crippen LogP contribution is -2.59. The van der Waals surface area contributed by atoms with E-state index >= 15 is 0 Å². The van der Waals surface area contributed by atoms with Crippen LogP contribution in [0.3, 0.4) is 0 Å². The first-order chi connectivity index (χ1) is 16.4. The summed E-state index contributed by atoms with van der Waals surface area (Å²) in [5, 5.41) is 0.667. The number of benzene rings is 1. The number of aryl methyl sites for hydroxylation is 1. The number of carbonyl (C=O) groups excluding carboxylic acids is 2. The highest BCUT2D eigenvalue weighted by Crippen LogP contribution is 2.28. The van der Waals surface area contributed by atoms with Gasteiger partial charge in [0.1, 0.15) is 18.0 Å². The van der Waals surface area contributed by atoms with Crippen LogP contribution >= 0.6 is 11.6 Å². The van der Waals surface area contributed by atoms with Crippen molar-refractivity contribution in [3.63, 3.8) is 0 Å². The highest BCUT2D eigenvalue weighted by atomic mass is 35.5. The molecule has 0 saturated carbocycles. The van der Waals surface area contributed by atoms with Gasteiger partial charge in [0.25, 0.3) is 0 Å². The third-order valence-electron chi connectivity index (χ3n) is 6.75. The molecular weight excluding hydrogens is 460 g/mol. The van der Waals surface area contributed by atoms with Gasteiger partial charge in [-0.25, -0.2) is 0 Å². The van der Waals surface area contributed by atoms with E-state index in [0.29, 0.717) is 69.8 Å². The number of nitrogens with zero attached hydrogens (tertiary/aromatic N) is 2. The maximum absolute atomic E-state index is 13.2. The maximum atomic E-state index is 13.2. The zero-order chi connectivity index (χ0) is 24.0. The molecule has 3 saturated heterocycles. The second kappa shape index (κ2) is 11.7. The molecule has 0 spiro atoms. The Bertz CT molecular complexity index is 856. The van der Waals surface area contributed by atoms with Crippen LogP contribution in [0.1, 0.15) is 37.7 Å². The molecule has 8 nitrogen and oxygen atoms in total. The minimum atomic E-state index is -0.926. The van der Waals surface area contributed by atoms with E-state index in [2.05, 4.69) is 0 Å². The molecule has 188 valence electrons. The Kier molecular flexibility index (Phi) is 8.69. The van der Waals surface area contributed by atoms with Crippen molar-refractivity contribution < 1.29 is 28.5 Å². The number of hydrogen-bond acceptors (Lipinski definition) is 6. The average Bonchev–Trinajstić information content (AvgIpc) is 2.86. The quantitative estimate of drug-likeness (QED) is 0.580. The molecule has 3 fully saturated rings. The van der Waals surface area contributed by atoms with Gasteiger partial charge in [-0.05, 0) is 49.9 Å². The van der Waals surface area contributed by atoms with E-state index in [1.54, 1.807) is 17.0 Å². The van der Waals surface area contributed by atoms with Gasteiger partial charge in [0.2, 0.25) is 11.8 Å². The first-order valence-corrected chi connectivity index (χ1v) is 12.6. The Morgan fingerprint density at radius 2 is 1.88 bits per heavy atom. The van der Waals surface area contributed by atoms with Crippen LogP contribution in [0, 0.1) is 6.92 Å². The molecule has 0 aromatic heterocycles. The molecule has 0 N–H and O–H groups in total. The van der Waals surface area contributed by atoms with E-state index in [4.69, 9.17) is 30.5 Å². The van der Waals surface area contributed by atoms with Gasteiger partial charge in [0.15, 0.2) is 0 Å². The van der Waals surface area contributed by atoms with Gasteiger partial charge >= 0.3 is 0 Å². The molecule has 3 aliphatic heterocycles. The van der Waals surface area contributed by atoms with Crippen LogP contribution in [-0.2, 0) is 23.8 Å². The zero-order valence-electron chi connectivity index (χ0n) is 19.9. The molecule has 3 heterocycles. The van der Waals surface area contributed by atoms with Crippen molar-refractivity contribution >= 4 is 23.4 Å². The van der Waals surface area contributed by atoms with E-state index in [0.717, 1.165) is 24.8 Å². The van der Waals surface area contributed by atoms with Gasteiger partial charge in [-0.2, -0.15) is 0 Å². The molecule has 1 aromatic carbocycles. The number of carbonyl (C=O) groups is 2. The van der Waals surface area contributed by atoms with Gasteiger partial charge in [0, 0.05) is 31.3 Å². The first kappa shape index (κ1) is 25.2. The van der Waals surface area contributed by atoms with Gasteiger partial charge in [-0.1, -0.05) is 11.6 Å². The second-order valence-electron chi connectivity index (χ2n) is 9.41. The molecule has 2 amide bonds. The Morgan fingerprint density at radius 1 is 1.09 bits per heavy atom. The number of ether oxygens (including phenoxy) is 4. The summed E-state index contributed by atoms with van der Waals surface area (Å²) in [4.78, 5) is 29.9. The Labute approximate surface area is 206 Å². The molecule has 1 aromatic rings. The predicted molar refractivity (Wildman–Crippen MR) is 127 cm³/mol. The fraction of sp³-hybridized carbons (Fsp3) is 0.680. The van der Waals surface area contributed by atoms with Crippen molar-refractivity contribution in [1.82, 2.24) is 9.80 Å². The van der Waals surface area contributed by atoms with Crippen molar-refractivity contribution in [1.29, 1.82) is 0 Å². The van der Waals surface area contributed by atoms with Gasteiger partial charge in [-0.3, -0.25) is 9.59 Å². The van der Waals surface area contributed by atoms with Crippen LogP contribution in [0.15, 0.2) is 18.2 Å². The van der Waals surface area contributed by atoms with E-state index < -0.39 is 5.60 Å². The zero-order valence-corrected chi connectivity index (χ0v) is 20.7. The smallest absolute Gasteiger partial charge is 0.225 e. The molecule has 34 heavy (non-hydrogen) atoms. The van der Waals surface area contributed by atoms with E-state index in [1.807, 2.05) is 17.9 Å². The molecule has 0 unspecified atom stereocenters. The topological polar surface area (TPSA) is 77.5 Å². The number of halogens is 1. The molecular formula is C25H35ClN2O6. The van der Waals surface area contributed by atoms with E-state index in [9.17, 15) is 9.59 Å². The van der Waals surface area contributed by atoms with Crippen LogP contribution in [0.25, 0.3) is 0 Å². The van der Waals surface area contributed by atoms with Gasteiger partial charge < -0.3 is 28.7 Å². The summed E-state index contributed by atoms with van der Waals surface area (Å²) in [6.07, 6.45) is 3.54. The molecule has 4 rings (SSSR count). The lowest BCUT2D eigenvalue weighted by molar-refractivity contribution is -0.168. The highest BCUT2D eigenvalue weighted by molar-refractivity contribution is 6.31. The van der Waals surface area contributed by atoms with Crippen molar-refractivity contribution in [3.8, 4) is 5.75 Å². The Morgan fingerprint density at radius 3 is 2.62 bits per heavy atom. The van der Waals surface area contributed by atoms with Crippen molar-refractivity contribution in [2.24, 2.45) is 0 Å². The number of rotatable bonds is 7. The lowest BCUT2D eigenvalue weighted by Gasteiger charge is -2.43. The molecule has 0 radical (unpaired) electrons. The van der Waals surface area contributed by atoms with Crippen LogP contribution in [-0.4, -0.2) is 92.5 Å². The fourth-order valence-electron chi connectivity index (χ4n) is 4.72. The van der Waals surface area contributed by atoms with Crippen LogP contribution < -0.4 is 4.74 Å². The summed E-state index contributed by atoms with van der Waals surface area (Å²) in [7, 11) is 0. The number of hydrogen-bond donors (Lipinski definition) is 0. The second-order valence-corrected chi connectivity index (χ2v) is 9.82. The Balaban J connectivity index is 1.46. The van der Waals surface area contributed by atoms with Crippen LogP contribution in [0.5, 0.6) is 5.75 Å². The number of amides is 2. The monoisotopic (exact) mass is 494 g/mol. The summed E-state index contributed by atoms with van der Waals surface area (Å²) in [6, 6.07) is 5.46. The minimum Gasteiger partial charge on any atom is -0.490 e. The third-order valence-corrected chi connectivity index (χ3v) is 7.17. The first-order valence-electron chi connectivity index (χ1n) is 12.2. The van der Waals surface area contributed by atoms with Gasteiger partial charge in [0.05, 0.1) is 45.3 Å². The Hall–Kier alpha value is -1.87.